The van der Waals surface area contributed by atoms with Crippen LogP contribution in [0.5, 0.6) is 0 Å². The van der Waals surface area contributed by atoms with Crippen molar-refractivity contribution < 1.29 is 0 Å². The van der Waals surface area contributed by atoms with Crippen LogP contribution in [-0.2, 0) is 0 Å². The topological polar surface area (TPSA) is 3.24 Å². The minimum atomic E-state index is 0.894. The number of hydrogen-bond acceptors (Lipinski definition) is 1. The monoisotopic (exact) mass is 143 g/mol. The Labute approximate surface area is 65.4 Å². The van der Waals surface area contributed by atoms with Crippen molar-refractivity contribution in [1.29, 1.82) is 0 Å². The largest absolute Gasteiger partial charge is 0.306 e. The normalized spacial score (nSPS) is 30.6. The molecule has 0 saturated heterocycles. The first-order valence-electron chi connectivity index (χ1n) is 4.36. The SMILES string of the molecule is CC.CC1CC(N(C)C)C1. The summed E-state index contributed by atoms with van der Waals surface area (Å²) in [7, 11) is 4.33. The van der Waals surface area contributed by atoms with Gasteiger partial charge in [0.15, 0.2) is 0 Å². The first kappa shape index (κ1) is 9.96. The van der Waals surface area contributed by atoms with Crippen molar-refractivity contribution in [2.45, 2.75) is 39.7 Å². The molecule has 1 rings (SSSR count). The van der Waals surface area contributed by atoms with E-state index < -0.39 is 0 Å². The molecule has 0 heterocycles. The Morgan fingerprint density at radius 2 is 1.50 bits per heavy atom. The molecule has 0 amide bonds. The molecular weight excluding hydrogens is 122 g/mol. The first-order valence-corrected chi connectivity index (χ1v) is 4.36. The van der Waals surface area contributed by atoms with Crippen LogP contribution in [0.4, 0.5) is 0 Å². The Morgan fingerprint density at radius 3 is 1.60 bits per heavy atom. The van der Waals surface area contributed by atoms with Crippen LogP contribution in [0.1, 0.15) is 33.6 Å². The fourth-order valence-corrected chi connectivity index (χ4v) is 1.28. The molecule has 1 fully saturated rings. The van der Waals surface area contributed by atoms with Gasteiger partial charge in [0.2, 0.25) is 0 Å². The first-order chi connectivity index (χ1) is 4.70. The quantitative estimate of drug-likeness (QED) is 0.544. The summed E-state index contributed by atoms with van der Waals surface area (Å²) >= 11 is 0. The molecule has 0 aromatic heterocycles. The van der Waals surface area contributed by atoms with Gasteiger partial charge in [0, 0.05) is 6.04 Å². The van der Waals surface area contributed by atoms with Gasteiger partial charge in [-0.15, -0.1) is 0 Å². The second-order valence-electron chi connectivity index (χ2n) is 3.19. The maximum absolute atomic E-state index is 2.32. The van der Waals surface area contributed by atoms with E-state index in [4.69, 9.17) is 0 Å². The molecule has 1 aliphatic carbocycles. The molecule has 0 N–H and O–H groups in total. The lowest BCUT2D eigenvalue weighted by Gasteiger charge is -2.37. The van der Waals surface area contributed by atoms with Crippen molar-refractivity contribution in [3.8, 4) is 0 Å². The Kier molecular flexibility index (Phi) is 4.71. The molecule has 1 aliphatic rings. The van der Waals surface area contributed by atoms with E-state index in [0.29, 0.717) is 0 Å². The molecule has 0 aliphatic heterocycles. The predicted molar refractivity (Wildman–Crippen MR) is 47.2 cm³/mol. The van der Waals surface area contributed by atoms with Crippen molar-refractivity contribution >= 4 is 0 Å². The van der Waals surface area contributed by atoms with Crippen LogP contribution < -0.4 is 0 Å². The van der Waals surface area contributed by atoms with E-state index in [-0.39, 0.29) is 0 Å². The maximum atomic E-state index is 2.32. The fraction of sp³-hybridized carbons (Fsp3) is 1.00. The second-order valence-corrected chi connectivity index (χ2v) is 3.19. The van der Waals surface area contributed by atoms with E-state index in [9.17, 15) is 0 Å². The van der Waals surface area contributed by atoms with Crippen LogP contribution in [0, 0.1) is 5.92 Å². The minimum absolute atomic E-state index is 0.894. The van der Waals surface area contributed by atoms with Crippen LogP contribution in [0.3, 0.4) is 0 Å². The lowest BCUT2D eigenvalue weighted by atomic mass is 9.81. The molecule has 0 spiro atoms. The van der Waals surface area contributed by atoms with Gasteiger partial charge in [0.25, 0.3) is 0 Å². The molecule has 0 atom stereocenters. The molecule has 0 aromatic carbocycles. The van der Waals surface area contributed by atoms with Gasteiger partial charge in [-0.3, -0.25) is 0 Å². The zero-order valence-corrected chi connectivity index (χ0v) is 8.02. The average molecular weight is 143 g/mol. The lowest BCUT2D eigenvalue weighted by molar-refractivity contribution is 0.135. The molecule has 1 saturated carbocycles. The summed E-state index contributed by atoms with van der Waals surface area (Å²) in [6, 6.07) is 0.894. The van der Waals surface area contributed by atoms with Gasteiger partial charge in [-0.25, -0.2) is 0 Å². The molecule has 62 valence electrons. The molecule has 0 radical (unpaired) electrons. The van der Waals surface area contributed by atoms with Gasteiger partial charge in [-0.2, -0.15) is 0 Å². The van der Waals surface area contributed by atoms with Gasteiger partial charge in [0.05, 0.1) is 0 Å². The van der Waals surface area contributed by atoms with Crippen LogP contribution in [0.25, 0.3) is 0 Å². The van der Waals surface area contributed by atoms with E-state index in [1.807, 2.05) is 13.8 Å². The van der Waals surface area contributed by atoms with Crippen molar-refractivity contribution in [3.63, 3.8) is 0 Å². The summed E-state index contributed by atoms with van der Waals surface area (Å²) in [5, 5.41) is 0. The molecule has 10 heavy (non-hydrogen) atoms. The summed E-state index contributed by atoms with van der Waals surface area (Å²) in [5.41, 5.74) is 0. The Balaban J connectivity index is 0.000000371. The van der Waals surface area contributed by atoms with Crippen LogP contribution in [0.15, 0.2) is 0 Å². The van der Waals surface area contributed by atoms with Crippen LogP contribution >= 0.6 is 0 Å². The van der Waals surface area contributed by atoms with Crippen molar-refractivity contribution in [2.75, 3.05) is 14.1 Å². The van der Waals surface area contributed by atoms with Gasteiger partial charge in [-0.05, 0) is 32.9 Å². The Hall–Kier alpha value is -0.0400. The molecule has 1 heteroatoms. The van der Waals surface area contributed by atoms with Gasteiger partial charge < -0.3 is 4.90 Å². The van der Waals surface area contributed by atoms with E-state index in [1.54, 1.807) is 0 Å². The van der Waals surface area contributed by atoms with Crippen molar-refractivity contribution in [3.05, 3.63) is 0 Å². The van der Waals surface area contributed by atoms with Gasteiger partial charge in [0.1, 0.15) is 0 Å². The highest BCUT2D eigenvalue weighted by Gasteiger charge is 2.26. The zero-order chi connectivity index (χ0) is 8.15. The van der Waals surface area contributed by atoms with Crippen LogP contribution in [0.2, 0.25) is 0 Å². The van der Waals surface area contributed by atoms with Crippen LogP contribution in [-0.4, -0.2) is 25.0 Å². The van der Waals surface area contributed by atoms with Gasteiger partial charge >= 0.3 is 0 Å². The maximum Gasteiger partial charge on any atom is 0.00942 e. The van der Waals surface area contributed by atoms with Crippen molar-refractivity contribution in [1.82, 2.24) is 4.90 Å². The van der Waals surface area contributed by atoms with Crippen molar-refractivity contribution in [2.24, 2.45) is 5.92 Å². The average Bonchev–Trinajstić information content (AvgIpc) is 1.86. The fourth-order valence-electron chi connectivity index (χ4n) is 1.28. The Bertz CT molecular complexity index is 72.8. The number of rotatable bonds is 1. The predicted octanol–water partition coefficient (Wildman–Crippen LogP) is 2.37. The minimum Gasteiger partial charge on any atom is -0.306 e. The standard InChI is InChI=1S/C7H15N.C2H6/c1-6-4-7(5-6)8(2)3;1-2/h6-7H,4-5H2,1-3H3;1-2H3. The molecular formula is C9H21N. The molecule has 0 bridgehead atoms. The summed E-state index contributed by atoms with van der Waals surface area (Å²) in [6.45, 7) is 6.32. The third kappa shape index (κ3) is 2.70. The number of nitrogens with zero attached hydrogens (tertiary/aromatic N) is 1. The lowest BCUT2D eigenvalue weighted by Crippen LogP contribution is -2.38. The Morgan fingerprint density at radius 1 is 1.10 bits per heavy atom. The third-order valence-corrected chi connectivity index (χ3v) is 2.08. The van der Waals surface area contributed by atoms with E-state index in [1.165, 1.54) is 12.8 Å². The molecule has 0 unspecified atom stereocenters. The third-order valence-electron chi connectivity index (χ3n) is 2.08. The highest BCUT2D eigenvalue weighted by atomic mass is 15.1. The second kappa shape index (κ2) is 4.73. The highest BCUT2D eigenvalue weighted by molar-refractivity contribution is 4.81. The van der Waals surface area contributed by atoms with E-state index >= 15 is 0 Å². The summed E-state index contributed by atoms with van der Waals surface area (Å²) in [5.74, 6) is 0.988. The number of hydrogen-bond donors (Lipinski definition) is 0. The van der Waals surface area contributed by atoms with E-state index in [2.05, 4.69) is 25.9 Å². The summed E-state index contributed by atoms with van der Waals surface area (Å²) in [6.07, 6.45) is 2.82. The molecule has 0 aromatic rings. The zero-order valence-electron chi connectivity index (χ0n) is 8.02. The molecule has 1 nitrogen and oxygen atoms in total. The van der Waals surface area contributed by atoms with Gasteiger partial charge in [-0.1, -0.05) is 20.8 Å². The smallest absolute Gasteiger partial charge is 0.00942 e. The summed E-state index contributed by atoms with van der Waals surface area (Å²) < 4.78 is 0. The summed E-state index contributed by atoms with van der Waals surface area (Å²) in [4.78, 5) is 2.32. The van der Waals surface area contributed by atoms with E-state index in [0.717, 1.165) is 12.0 Å². The highest BCUT2D eigenvalue weighted by Crippen LogP contribution is 2.29.